The standard InChI is InChI=1S/C36H44/c1-5-15-28(23-22-27(3)4)24-33-25-32-20-13-14-21-34(32)36(33)35(31-18-11-8-12-19-31)26-29(6-2)30-16-9-7-10-17-30/h5,7-23,27-29,33,35-36H,6,24-26H2,1-4H3/b15-5+,23-22+. The van der Waals surface area contributed by atoms with Gasteiger partial charge < -0.3 is 0 Å². The van der Waals surface area contributed by atoms with Crippen molar-refractivity contribution < 1.29 is 0 Å². The van der Waals surface area contributed by atoms with Crippen LogP contribution in [0.4, 0.5) is 0 Å². The molecule has 4 rings (SSSR count). The van der Waals surface area contributed by atoms with Crippen molar-refractivity contribution in [3.63, 3.8) is 0 Å². The Morgan fingerprint density at radius 2 is 1.42 bits per heavy atom. The molecule has 0 aliphatic heterocycles. The van der Waals surface area contributed by atoms with Crippen LogP contribution in [0.15, 0.2) is 109 Å². The minimum atomic E-state index is 0.492. The van der Waals surface area contributed by atoms with Gasteiger partial charge in [-0.15, -0.1) is 0 Å². The van der Waals surface area contributed by atoms with Crippen molar-refractivity contribution in [1.82, 2.24) is 0 Å². The van der Waals surface area contributed by atoms with Crippen molar-refractivity contribution in [2.75, 3.05) is 0 Å². The highest BCUT2D eigenvalue weighted by atomic mass is 14.4. The lowest BCUT2D eigenvalue weighted by atomic mass is 9.70. The number of allylic oxidation sites excluding steroid dienone is 4. The molecule has 3 aromatic rings. The Kier molecular flexibility index (Phi) is 9.40. The summed E-state index contributed by atoms with van der Waals surface area (Å²) in [6.45, 7) is 9.07. The van der Waals surface area contributed by atoms with E-state index in [1.807, 2.05) is 0 Å². The van der Waals surface area contributed by atoms with E-state index in [0.29, 0.717) is 35.5 Å². The smallest absolute Gasteiger partial charge is 0.00505 e. The molecule has 0 spiro atoms. The lowest BCUT2D eigenvalue weighted by Crippen LogP contribution is -2.21. The molecule has 1 aliphatic carbocycles. The number of hydrogen-bond acceptors (Lipinski definition) is 0. The van der Waals surface area contributed by atoms with E-state index >= 15 is 0 Å². The van der Waals surface area contributed by atoms with E-state index in [1.54, 1.807) is 11.1 Å². The molecule has 0 saturated carbocycles. The number of hydrogen-bond donors (Lipinski definition) is 0. The Bertz CT molecular complexity index is 1110. The van der Waals surface area contributed by atoms with E-state index in [4.69, 9.17) is 0 Å². The molecule has 3 aromatic carbocycles. The summed E-state index contributed by atoms with van der Waals surface area (Å²) in [4.78, 5) is 0. The van der Waals surface area contributed by atoms with Gasteiger partial charge in [-0.1, -0.05) is 130 Å². The zero-order valence-electron chi connectivity index (χ0n) is 22.7. The molecule has 0 radical (unpaired) electrons. The zero-order chi connectivity index (χ0) is 25.3. The molecule has 5 atom stereocenters. The van der Waals surface area contributed by atoms with Crippen molar-refractivity contribution in [3.05, 3.63) is 131 Å². The molecule has 0 aromatic heterocycles. The third-order valence-corrected chi connectivity index (χ3v) is 8.13. The fourth-order valence-electron chi connectivity index (χ4n) is 6.43. The molecule has 36 heavy (non-hydrogen) atoms. The molecular formula is C36H44. The zero-order valence-corrected chi connectivity index (χ0v) is 22.7. The van der Waals surface area contributed by atoms with Gasteiger partial charge in [0.15, 0.2) is 0 Å². The van der Waals surface area contributed by atoms with Crippen LogP contribution < -0.4 is 0 Å². The number of fused-ring (bicyclic) bond motifs is 1. The lowest BCUT2D eigenvalue weighted by molar-refractivity contribution is 0.330. The molecule has 0 bridgehead atoms. The van der Waals surface area contributed by atoms with Gasteiger partial charge in [-0.05, 0) is 90.4 Å². The Morgan fingerprint density at radius 3 is 2.06 bits per heavy atom. The Hall–Kier alpha value is -2.86. The molecule has 0 saturated heterocycles. The van der Waals surface area contributed by atoms with E-state index in [1.165, 1.54) is 36.8 Å². The Balaban J connectivity index is 1.73. The summed E-state index contributed by atoms with van der Waals surface area (Å²) in [5.74, 6) is 3.33. The fraction of sp³-hybridized carbons (Fsp3) is 0.389. The Morgan fingerprint density at radius 1 is 0.778 bits per heavy atom. The normalized spacial score (nSPS) is 20.1. The van der Waals surface area contributed by atoms with Gasteiger partial charge >= 0.3 is 0 Å². The average Bonchev–Trinajstić information content (AvgIpc) is 3.26. The molecular weight excluding hydrogens is 432 g/mol. The molecule has 5 unspecified atom stereocenters. The maximum absolute atomic E-state index is 2.46. The van der Waals surface area contributed by atoms with Crippen molar-refractivity contribution >= 4 is 0 Å². The van der Waals surface area contributed by atoms with E-state index < -0.39 is 0 Å². The van der Waals surface area contributed by atoms with Gasteiger partial charge in [0.2, 0.25) is 0 Å². The molecule has 188 valence electrons. The van der Waals surface area contributed by atoms with Crippen LogP contribution >= 0.6 is 0 Å². The molecule has 0 N–H and O–H groups in total. The van der Waals surface area contributed by atoms with Gasteiger partial charge in [0.25, 0.3) is 0 Å². The first-order valence-electron chi connectivity index (χ1n) is 14.1. The predicted molar refractivity (Wildman–Crippen MR) is 157 cm³/mol. The molecule has 1 aliphatic rings. The van der Waals surface area contributed by atoms with Crippen LogP contribution in [-0.4, -0.2) is 0 Å². The average molecular weight is 477 g/mol. The van der Waals surface area contributed by atoms with Crippen LogP contribution in [-0.2, 0) is 6.42 Å². The van der Waals surface area contributed by atoms with E-state index in [-0.39, 0.29) is 0 Å². The highest BCUT2D eigenvalue weighted by Crippen LogP contribution is 2.52. The first-order chi connectivity index (χ1) is 17.6. The topological polar surface area (TPSA) is 0 Å². The summed E-state index contributed by atoms with van der Waals surface area (Å²) in [7, 11) is 0. The maximum Gasteiger partial charge on any atom is -0.00505 e. The first kappa shape index (κ1) is 26.2. The molecule has 0 fully saturated rings. The van der Waals surface area contributed by atoms with Crippen molar-refractivity contribution in [1.29, 1.82) is 0 Å². The summed E-state index contributed by atoms with van der Waals surface area (Å²) in [6.07, 6.45) is 14.3. The molecule has 0 amide bonds. The van der Waals surface area contributed by atoms with Gasteiger partial charge in [-0.25, -0.2) is 0 Å². The summed E-state index contributed by atoms with van der Waals surface area (Å²) in [6, 6.07) is 31.9. The van der Waals surface area contributed by atoms with Gasteiger partial charge in [0, 0.05) is 0 Å². The SMILES string of the molecule is C/C=C/C(/C=C/C(C)C)CC1Cc2ccccc2C1C(CC(CC)c1ccccc1)c1ccccc1. The van der Waals surface area contributed by atoms with Crippen LogP contribution in [0, 0.1) is 17.8 Å². The summed E-state index contributed by atoms with van der Waals surface area (Å²) >= 11 is 0. The largest absolute Gasteiger partial charge is 0.0911 e. The maximum atomic E-state index is 2.46. The van der Waals surface area contributed by atoms with E-state index in [2.05, 4.69) is 137 Å². The second-order valence-corrected chi connectivity index (χ2v) is 11.0. The third kappa shape index (κ3) is 6.47. The monoisotopic (exact) mass is 476 g/mol. The van der Waals surface area contributed by atoms with Crippen molar-refractivity contribution in [2.24, 2.45) is 17.8 Å². The quantitative estimate of drug-likeness (QED) is 0.241. The highest BCUT2D eigenvalue weighted by molar-refractivity contribution is 5.40. The second kappa shape index (κ2) is 12.9. The third-order valence-electron chi connectivity index (χ3n) is 8.13. The minimum absolute atomic E-state index is 0.492. The first-order valence-corrected chi connectivity index (χ1v) is 14.1. The minimum Gasteiger partial charge on any atom is -0.0911 e. The van der Waals surface area contributed by atoms with Crippen LogP contribution in [0.5, 0.6) is 0 Å². The van der Waals surface area contributed by atoms with E-state index in [0.717, 1.165) is 0 Å². The van der Waals surface area contributed by atoms with Gasteiger partial charge in [-0.3, -0.25) is 0 Å². The molecule has 0 heteroatoms. The van der Waals surface area contributed by atoms with Crippen LogP contribution in [0.2, 0.25) is 0 Å². The molecule has 0 nitrogen and oxygen atoms in total. The second-order valence-electron chi connectivity index (χ2n) is 11.0. The number of benzene rings is 3. The van der Waals surface area contributed by atoms with Crippen molar-refractivity contribution in [2.45, 2.75) is 71.1 Å². The summed E-state index contributed by atoms with van der Waals surface area (Å²) < 4.78 is 0. The van der Waals surface area contributed by atoms with Crippen LogP contribution in [0.3, 0.4) is 0 Å². The van der Waals surface area contributed by atoms with Gasteiger partial charge in [0.1, 0.15) is 0 Å². The van der Waals surface area contributed by atoms with Gasteiger partial charge in [-0.2, -0.15) is 0 Å². The highest BCUT2D eigenvalue weighted by Gasteiger charge is 2.39. The molecule has 0 heterocycles. The van der Waals surface area contributed by atoms with E-state index in [9.17, 15) is 0 Å². The van der Waals surface area contributed by atoms with Crippen molar-refractivity contribution in [3.8, 4) is 0 Å². The summed E-state index contributed by atoms with van der Waals surface area (Å²) in [5.41, 5.74) is 6.13. The van der Waals surface area contributed by atoms with Crippen LogP contribution in [0.25, 0.3) is 0 Å². The predicted octanol–water partition coefficient (Wildman–Crippen LogP) is 10.1. The lowest BCUT2D eigenvalue weighted by Gasteiger charge is -2.34. The Labute approximate surface area is 220 Å². The number of rotatable bonds is 11. The van der Waals surface area contributed by atoms with Gasteiger partial charge in [0.05, 0.1) is 0 Å². The fourth-order valence-corrected chi connectivity index (χ4v) is 6.43. The summed E-state index contributed by atoms with van der Waals surface area (Å²) in [5, 5.41) is 0. The van der Waals surface area contributed by atoms with Crippen LogP contribution in [0.1, 0.15) is 87.0 Å².